The maximum atomic E-state index is 13.3. The van der Waals surface area contributed by atoms with Crippen molar-refractivity contribution in [2.24, 2.45) is 0 Å². The molecule has 0 amide bonds. The lowest BCUT2D eigenvalue weighted by Crippen LogP contribution is -2.30. The lowest BCUT2D eigenvalue weighted by atomic mass is 10.2. The van der Waals surface area contributed by atoms with Gasteiger partial charge in [-0.15, -0.1) is 0 Å². The minimum atomic E-state index is -3.74. The molecule has 0 spiro atoms. The van der Waals surface area contributed by atoms with E-state index in [0.29, 0.717) is 16.5 Å². The lowest BCUT2D eigenvalue weighted by Gasteiger charge is -2.25. The second-order valence-electron chi connectivity index (χ2n) is 5.65. The summed E-state index contributed by atoms with van der Waals surface area (Å²) >= 11 is 5.94. The molecule has 0 aliphatic rings. The Hall–Kier alpha value is -2.50. The average molecular weight is 388 g/mol. The predicted octanol–water partition coefficient (Wildman–Crippen LogP) is 4.74. The molecule has 6 heteroatoms. The van der Waals surface area contributed by atoms with Crippen LogP contribution in [0, 0.1) is 0 Å². The van der Waals surface area contributed by atoms with Crippen LogP contribution < -0.4 is 9.04 Å². The van der Waals surface area contributed by atoms with E-state index >= 15 is 0 Å². The summed E-state index contributed by atoms with van der Waals surface area (Å²) in [7, 11) is -2.19. The molecule has 0 aliphatic heterocycles. The Balaban J connectivity index is 2.07. The predicted molar refractivity (Wildman–Crippen MR) is 104 cm³/mol. The van der Waals surface area contributed by atoms with Crippen LogP contribution in [0.1, 0.15) is 5.56 Å². The monoisotopic (exact) mass is 387 g/mol. The summed E-state index contributed by atoms with van der Waals surface area (Å²) in [6, 6.07) is 22.5. The van der Waals surface area contributed by atoms with Crippen molar-refractivity contribution in [1.29, 1.82) is 0 Å². The zero-order chi connectivity index (χ0) is 18.6. The number of hydrogen-bond acceptors (Lipinski definition) is 3. The van der Waals surface area contributed by atoms with Crippen molar-refractivity contribution in [2.45, 2.75) is 11.4 Å². The van der Waals surface area contributed by atoms with Crippen molar-refractivity contribution in [1.82, 2.24) is 0 Å². The summed E-state index contributed by atoms with van der Waals surface area (Å²) in [5.74, 6) is 0.590. The van der Waals surface area contributed by atoms with Gasteiger partial charge < -0.3 is 4.74 Å². The molecule has 0 heterocycles. The van der Waals surface area contributed by atoms with Crippen molar-refractivity contribution in [3.8, 4) is 5.75 Å². The number of anilines is 1. The highest BCUT2D eigenvalue weighted by atomic mass is 35.5. The molecular weight excluding hydrogens is 370 g/mol. The van der Waals surface area contributed by atoms with Crippen LogP contribution in [-0.2, 0) is 16.6 Å². The van der Waals surface area contributed by atoms with E-state index in [0.717, 1.165) is 5.56 Å². The molecule has 0 saturated carbocycles. The van der Waals surface area contributed by atoms with Gasteiger partial charge in [0, 0.05) is 11.1 Å². The highest BCUT2D eigenvalue weighted by Crippen LogP contribution is 2.29. The third kappa shape index (κ3) is 4.00. The molecule has 0 unspecified atom stereocenters. The Bertz CT molecular complexity index is 973. The Labute approximate surface area is 158 Å². The van der Waals surface area contributed by atoms with E-state index in [1.807, 2.05) is 12.1 Å². The van der Waals surface area contributed by atoms with E-state index < -0.39 is 10.0 Å². The lowest BCUT2D eigenvalue weighted by molar-refractivity contribution is 0.415. The molecule has 0 fully saturated rings. The SMILES string of the molecule is COc1cccc(N(Cc2ccc(Cl)cc2)S(=O)(=O)c2ccccc2)c1. The molecule has 3 aromatic rings. The molecule has 0 N–H and O–H groups in total. The van der Waals surface area contributed by atoms with Crippen LogP contribution in [-0.4, -0.2) is 15.5 Å². The fourth-order valence-electron chi connectivity index (χ4n) is 2.56. The Morgan fingerprint density at radius 1 is 0.923 bits per heavy atom. The maximum Gasteiger partial charge on any atom is 0.264 e. The zero-order valence-electron chi connectivity index (χ0n) is 14.2. The molecular formula is C20H18ClNO3S. The molecule has 0 bridgehead atoms. The first-order valence-corrected chi connectivity index (χ1v) is 9.79. The molecule has 0 radical (unpaired) electrons. The van der Waals surface area contributed by atoms with Gasteiger partial charge in [0.05, 0.1) is 24.2 Å². The smallest absolute Gasteiger partial charge is 0.264 e. The Morgan fingerprint density at radius 2 is 1.62 bits per heavy atom. The molecule has 0 atom stereocenters. The summed E-state index contributed by atoms with van der Waals surface area (Å²) in [6.07, 6.45) is 0. The van der Waals surface area contributed by atoms with Crippen molar-refractivity contribution in [3.63, 3.8) is 0 Å². The molecule has 134 valence electrons. The third-order valence-electron chi connectivity index (χ3n) is 3.91. The van der Waals surface area contributed by atoms with E-state index in [2.05, 4.69) is 0 Å². The van der Waals surface area contributed by atoms with Gasteiger partial charge in [-0.05, 0) is 42.0 Å². The van der Waals surface area contributed by atoms with Crippen LogP contribution >= 0.6 is 11.6 Å². The number of ether oxygens (including phenoxy) is 1. The summed E-state index contributed by atoms with van der Waals surface area (Å²) in [4.78, 5) is 0.233. The van der Waals surface area contributed by atoms with Crippen molar-refractivity contribution in [2.75, 3.05) is 11.4 Å². The van der Waals surface area contributed by atoms with E-state index in [1.165, 1.54) is 4.31 Å². The molecule has 0 saturated heterocycles. The van der Waals surface area contributed by atoms with Gasteiger partial charge in [0.1, 0.15) is 5.75 Å². The van der Waals surface area contributed by atoms with Crippen LogP contribution in [0.4, 0.5) is 5.69 Å². The number of halogens is 1. The topological polar surface area (TPSA) is 46.6 Å². The van der Waals surface area contributed by atoms with Gasteiger partial charge >= 0.3 is 0 Å². The van der Waals surface area contributed by atoms with Crippen LogP contribution in [0.5, 0.6) is 5.75 Å². The first-order chi connectivity index (χ1) is 12.5. The molecule has 3 aromatic carbocycles. The second kappa shape index (κ2) is 7.81. The van der Waals surface area contributed by atoms with Crippen molar-refractivity contribution in [3.05, 3.63) is 89.4 Å². The average Bonchev–Trinajstić information content (AvgIpc) is 2.68. The normalized spacial score (nSPS) is 11.2. The summed E-state index contributed by atoms with van der Waals surface area (Å²) in [5.41, 5.74) is 1.36. The van der Waals surface area contributed by atoms with Crippen molar-refractivity contribution < 1.29 is 13.2 Å². The largest absolute Gasteiger partial charge is 0.497 e. The minimum absolute atomic E-state index is 0.182. The molecule has 3 rings (SSSR count). The third-order valence-corrected chi connectivity index (χ3v) is 5.95. The Morgan fingerprint density at radius 3 is 2.27 bits per heavy atom. The van der Waals surface area contributed by atoms with Gasteiger partial charge in [0.2, 0.25) is 0 Å². The zero-order valence-corrected chi connectivity index (χ0v) is 15.7. The first-order valence-electron chi connectivity index (χ1n) is 7.97. The quantitative estimate of drug-likeness (QED) is 0.613. The maximum absolute atomic E-state index is 13.3. The second-order valence-corrected chi connectivity index (χ2v) is 7.95. The highest BCUT2D eigenvalue weighted by Gasteiger charge is 2.25. The van der Waals surface area contributed by atoms with Crippen LogP contribution in [0.2, 0.25) is 5.02 Å². The van der Waals surface area contributed by atoms with Gasteiger partial charge in [-0.1, -0.05) is 48.0 Å². The summed E-state index contributed by atoms with van der Waals surface area (Å²) in [6.45, 7) is 0.182. The van der Waals surface area contributed by atoms with Gasteiger partial charge in [0.15, 0.2) is 0 Å². The van der Waals surface area contributed by atoms with E-state index in [9.17, 15) is 8.42 Å². The van der Waals surface area contributed by atoms with Crippen molar-refractivity contribution >= 4 is 27.3 Å². The molecule has 26 heavy (non-hydrogen) atoms. The van der Waals surface area contributed by atoms with Gasteiger partial charge in [0.25, 0.3) is 10.0 Å². The number of sulfonamides is 1. The Kier molecular flexibility index (Phi) is 5.49. The van der Waals surface area contributed by atoms with Crippen LogP contribution in [0.25, 0.3) is 0 Å². The number of nitrogens with zero attached hydrogens (tertiary/aromatic N) is 1. The molecule has 0 aromatic heterocycles. The number of hydrogen-bond donors (Lipinski definition) is 0. The number of rotatable bonds is 6. The fourth-order valence-corrected chi connectivity index (χ4v) is 4.15. The molecule has 4 nitrogen and oxygen atoms in total. The summed E-state index contributed by atoms with van der Waals surface area (Å²) in [5, 5.41) is 0.604. The van der Waals surface area contributed by atoms with E-state index in [-0.39, 0.29) is 11.4 Å². The van der Waals surface area contributed by atoms with Gasteiger partial charge in [-0.2, -0.15) is 0 Å². The molecule has 0 aliphatic carbocycles. The number of benzene rings is 3. The highest BCUT2D eigenvalue weighted by molar-refractivity contribution is 7.92. The van der Waals surface area contributed by atoms with E-state index in [4.69, 9.17) is 16.3 Å². The van der Waals surface area contributed by atoms with Crippen LogP contribution in [0.3, 0.4) is 0 Å². The number of methoxy groups -OCH3 is 1. The van der Waals surface area contributed by atoms with Crippen LogP contribution in [0.15, 0.2) is 83.8 Å². The summed E-state index contributed by atoms with van der Waals surface area (Å²) < 4.78 is 33.1. The van der Waals surface area contributed by atoms with Gasteiger partial charge in [-0.25, -0.2) is 8.42 Å². The van der Waals surface area contributed by atoms with Gasteiger partial charge in [-0.3, -0.25) is 4.31 Å². The first kappa shape index (κ1) is 18.3. The minimum Gasteiger partial charge on any atom is -0.497 e. The standard InChI is InChI=1S/C20H18ClNO3S/c1-25-19-7-5-6-18(14-19)22(15-16-10-12-17(21)13-11-16)26(23,24)20-8-3-2-4-9-20/h2-14H,15H2,1H3. The fraction of sp³-hybridized carbons (Fsp3) is 0.100. The van der Waals surface area contributed by atoms with E-state index in [1.54, 1.807) is 73.8 Å².